The minimum atomic E-state index is -0.920. The van der Waals surface area contributed by atoms with Crippen molar-refractivity contribution in [2.24, 2.45) is 0 Å². The molecule has 0 aliphatic carbocycles. The van der Waals surface area contributed by atoms with Gasteiger partial charge in [-0.05, 0) is 35.9 Å². The van der Waals surface area contributed by atoms with Gasteiger partial charge in [-0.1, -0.05) is 6.07 Å². The Morgan fingerprint density at radius 2 is 1.68 bits per heavy atom. The Balaban J connectivity index is 2.10. The molecule has 0 spiro atoms. The summed E-state index contributed by atoms with van der Waals surface area (Å²) in [5.41, 5.74) is 1.000. The molecule has 5 heteroatoms. The van der Waals surface area contributed by atoms with Crippen LogP contribution >= 0.6 is 0 Å². The van der Waals surface area contributed by atoms with Crippen LogP contribution in [0.4, 0.5) is 18.9 Å². The molecule has 0 saturated carbocycles. The van der Waals surface area contributed by atoms with Crippen LogP contribution in [-0.4, -0.2) is 0 Å². The molecule has 96 valence electrons. The minimum absolute atomic E-state index is 0.0738. The van der Waals surface area contributed by atoms with Gasteiger partial charge in [-0.15, -0.1) is 0 Å². The molecular formula is C14H9F3N2. The van der Waals surface area contributed by atoms with E-state index in [0.717, 1.165) is 12.1 Å². The highest BCUT2D eigenvalue weighted by atomic mass is 19.2. The molecule has 0 fully saturated rings. The molecule has 0 atom stereocenters. The topological polar surface area (TPSA) is 35.8 Å². The number of benzene rings is 2. The van der Waals surface area contributed by atoms with Crippen molar-refractivity contribution in [1.82, 2.24) is 0 Å². The van der Waals surface area contributed by atoms with Gasteiger partial charge in [-0.3, -0.25) is 0 Å². The zero-order valence-electron chi connectivity index (χ0n) is 9.75. The molecule has 0 aliphatic heterocycles. The first-order valence-corrected chi connectivity index (χ1v) is 5.47. The van der Waals surface area contributed by atoms with Crippen molar-refractivity contribution in [3.05, 3.63) is 65.0 Å². The zero-order valence-corrected chi connectivity index (χ0v) is 9.75. The first-order valence-electron chi connectivity index (χ1n) is 5.47. The fraction of sp³-hybridized carbons (Fsp3) is 0.0714. The fourth-order valence-electron chi connectivity index (χ4n) is 1.57. The average molecular weight is 262 g/mol. The predicted molar refractivity (Wildman–Crippen MR) is 64.8 cm³/mol. The maximum absolute atomic E-state index is 13.1. The van der Waals surface area contributed by atoms with Crippen molar-refractivity contribution in [3.63, 3.8) is 0 Å². The smallest absolute Gasteiger partial charge is 0.159 e. The van der Waals surface area contributed by atoms with Gasteiger partial charge in [0.05, 0.1) is 5.56 Å². The maximum Gasteiger partial charge on any atom is 0.159 e. The highest BCUT2D eigenvalue weighted by molar-refractivity contribution is 5.50. The van der Waals surface area contributed by atoms with Gasteiger partial charge < -0.3 is 5.32 Å². The molecule has 0 aliphatic rings. The van der Waals surface area contributed by atoms with Crippen LogP contribution in [0.25, 0.3) is 0 Å². The minimum Gasteiger partial charge on any atom is -0.381 e. The van der Waals surface area contributed by atoms with Crippen molar-refractivity contribution in [1.29, 1.82) is 5.26 Å². The van der Waals surface area contributed by atoms with Gasteiger partial charge in [-0.2, -0.15) is 5.26 Å². The van der Waals surface area contributed by atoms with Crippen LogP contribution < -0.4 is 5.32 Å². The Kier molecular flexibility index (Phi) is 3.71. The number of halogens is 3. The number of nitrogens with one attached hydrogen (secondary N) is 1. The first-order chi connectivity index (χ1) is 9.10. The van der Waals surface area contributed by atoms with E-state index in [4.69, 9.17) is 5.26 Å². The molecule has 0 saturated heterocycles. The molecule has 2 aromatic rings. The highest BCUT2D eigenvalue weighted by Crippen LogP contribution is 2.15. The standard InChI is InChI=1S/C14H9F3N2/c15-12-4-2-11(6-10(12)7-18)19-8-9-1-3-13(16)14(17)5-9/h1-6,19H,8H2. The molecule has 0 amide bonds. The Morgan fingerprint density at radius 1 is 0.947 bits per heavy atom. The lowest BCUT2D eigenvalue weighted by molar-refractivity contribution is 0.507. The van der Waals surface area contributed by atoms with Crippen molar-refractivity contribution in [2.45, 2.75) is 6.54 Å². The summed E-state index contributed by atoms with van der Waals surface area (Å²) in [6.45, 7) is 0.244. The van der Waals surface area contributed by atoms with E-state index in [-0.39, 0.29) is 12.1 Å². The summed E-state index contributed by atoms with van der Waals surface area (Å²) in [4.78, 5) is 0. The average Bonchev–Trinajstić information content (AvgIpc) is 2.41. The SMILES string of the molecule is N#Cc1cc(NCc2ccc(F)c(F)c2)ccc1F. The van der Waals surface area contributed by atoms with E-state index in [9.17, 15) is 13.2 Å². The number of nitriles is 1. The summed E-state index contributed by atoms with van der Waals surface area (Å²) >= 11 is 0. The number of hydrogen-bond donors (Lipinski definition) is 1. The van der Waals surface area contributed by atoms with Crippen LogP contribution in [0.3, 0.4) is 0 Å². The van der Waals surface area contributed by atoms with Crippen molar-refractivity contribution in [3.8, 4) is 6.07 Å². The third-order valence-electron chi connectivity index (χ3n) is 2.57. The summed E-state index contributed by atoms with van der Waals surface area (Å²) < 4.78 is 38.8. The van der Waals surface area contributed by atoms with E-state index < -0.39 is 17.5 Å². The van der Waals surface area contributed by atoms with Crippen LogP contribution in [0, 0.1) is 28.8 Å². The van der Waals surface area contributed by atoms with Crippen molar-refractivity contribution >= 4 is 5.69 Å². The molecule has 0 heterocycles. The highest BCUT2D eigenvalue weighted by Gasteiger charge is 2.04. The molecule has 19 heavy (non-hydrogen) atoms. The van der Waals surface area contributed by atoms with Gasteiger partial charge in [0.15, 0.2) is 11.6 Å². The van der Waals surface area contributed by atoms with Crippen LogP contribution in [0.2, 0.25) is 0 Å². The molecule has 2 nitrogen and oxygen atoms in total. The zero-order chi connectivity index (χ0) is 13.8. The van der Waals surface area contributed by atoms with Crippen molar-refractivity contribution < 1.29 is 13.2 Å². The van der Waals surface area contributed by atoms with E-state index in [2.05, 4.69) is 5.32 Å². The second kappa shape index (κ2) is 5.44. The molecule has 0 aromatic heterocycles. The Bertz CT molecular complexity index is 648. The van der Waals surface area contributed by atoms with E-state index in [1.54, 1.807) is 6.07 Å². The molecule has 0 radical (unpaired) electrons. The number of nitrogens with zero attached hydrogens (tertiary/aromatic N) is 1. The molecular weight excluding hydrogens is 253 g/mol. The van der Waals surface area contributed by atoms with E-state index in [0.29, 0.717) is 11.3 Å². The molecule has 2 rings (SSSR count). The second-order valence-corrected chi connectivity index (χ2v) is 3.91. The van der Waals surface area contributed by atoms with Gasteiger partial charge in [0.1, 0.15) is 11.9 Å². The summed E-state index contributed by atoms with van der Waals surface area (Å²) in [5.74, 6) is -2.42. The summed E-state index contributed by atoms with van der Waals surface area (Å²) in [6, 6.07) is 9.29. The molecule has 2 aromatic carbocycles. The normalized spacial score (nSPS) is 10.0. The van der Waals surface area contributed by atoms with Crippen LogP contribution in [0.5, 0.6) is 0 Å². The number of rotatable bonds is 3. The van der Waals surface area contributed by atoms with Gasteiger partial charge in [0.25, 0.3) is 0 Å². The molecule has 0 unspecified atom stereocenters. The Hall–Kier alpha value is -2.48. The first kappa shape index (κ1) is 13.0. The summed E-state index contributed by atoms with van der Waals surface area (Å²) in [7, 11) is 0. The molecule has 1 N–H and O–H groups in total. The lowest BCUT2D eigenvalue weighted by atomic mass is 10.2. The predicted octanol–water partition coefficient (Wildman–Crippen LogP) is 3.59. The summed E-state index contributed by atoms with van der Waals surface area (Å²) in [5, 5.41) is 11.6. The van der Waals surface area contributed by atoms with Crippen LogP contribution in [0.15, 0.2) is 36.4 Å². The lowest BCUT2D eigenvalue weighted by Gasteiger charge is -2.07. The molecule has 0 bridgehead atoms. The van der Waals surface area contributed by atoms with Crippen molar-refractivity contribution in [2.75, 3.05) is 5.32 Å². The quantitative estimate of drug-likeness (QED) is 0.917. The second-order valence-electron chi connectivity index (χ2n) is 3.91. The third kappa shape index (κ3) is 3.05. The van der Waals surface area contributed by atoms with Gasteiger partial charge in [0, 0.05) is 12.2 Å². The monoisotopic (exact) mass is 262 g/mol. The number of anilines is 1. The van der Waals surface area contributed by atoms with E-state index in [1.165, 1.54) is 24.3 Å². The van der Waals surface area contributed by atoms with Crippen LogP contribution in [0.1, 0.15) is 11.1 Å². The number of hydrogen-bond acceptors (Lipinski definition) is 2. The van der Waals surface area contributed by atoms with Crippen LogP contribution in [-0.2, 0) is 6.54 Å². The fourth-order valence-corrected chi connectivity index (χ4v) is 1.57. The Labute approximate surface area is 108 Å². The third-order valence-corrected chi connectivity index (χ3v) is 2.57. The van der Waals surface area contributed by atoms with Gasteiger partial charge >= 0.3 is 0 Å². The van der Waals surface area contributed by atoms with E-state index in [1.807, 2.05) is 0 Å². The lowest BCUT2D eigenvalue weighted by Crippen LogP contribution is -2.01. The van der Waals surface area contributed by atoms with Gasteiger partial charge in [0.2, 0.25) is 0 Å². The van der Waals surface area contributed by atoms with E-state index >= 15 is 0 Å². The van der Waals surface area contributed by atoms with Gasteiger partial charge in [-0.25, -0.2) is 13.2 Å². The maximum atomic E-state index is 13.1. The Morgan fingerprint density at radius 3 is 2.37 bits per heavy atom. The summed E-state index contributed by atoms with van der Waals surface area (Å²) in [6.07, 6.45) is 0. The largest absolute Gasteiger partial charge is 0.381 e.